The molecule has 0 amide bonds. The van der Waals surface area contributed by atoms with Crippen molar-refractivity contribution in [3.63, 3.8) is 0 Å². The normalized spacial score (nSPS) is 27.4. The highest BCUT2D eigenvalue weighted by atomic mass is 35.5. The number of anilines is 1. The van der Waals surface area contributed by atoms with E-state index in [0.29, 0.717) is 17.5 Å². The van der Waals surface area contributed by atoms with Gasteiger partial charge in [-0.2, -0.15) is 13.2 Å². The number of halogens is 4. The first-order chi connectivity index (χ1) is 9.27. The lowest BCUT2D eigenvalue weighted by Gasteiger charge is -2.34. The molecule has 2 rings (SSSR count). The number of benzene rings is 1. The molecule has 1 saturated carbocycles. The molecule has 1 aromatic carbocycles. The molecule has 112 valence electrons. The molecule has 1 fully saturated rings. The molecule has 3 unspecified atom stereocenters. The van der Waals surface area contributed by atoms with E-state index in [4.69, 9.17) is 11.6 Å². The monoisotopic (exact) mass is 305 g/mol. The van der Waals surface area contributed by atoms with Gasteiger partial charge in [0.25, 0.3) is 0 Å². The third-order valence-corrected chi connectivity index (χ3v) is 4.38. The smallest absolute Gasteiger partial charge is 0.381 e. The minimum absolute atomic E-state index is 0.130. The van der Waals surface area contributed by atoms with E-state index in [1.165, 1.54) is 6.07 Å². The molecule has 20 heavy (non-hydrogen) atoms. The summed E-state index contributed by atoms with van der Waals surface area (Å²) in [7, 11) is 0. The van der Waals surface area contributed by atoms with Crippen molar-refractivity contribution in [1.82, 2.24) is 0 Å². The average Bonchev–Trinajstić information content (AvgIpc) is 2.33. The Morgan fingerprint density at radius 3 is 2.45 bits per heavy atom. The van der Waals surface area contributed by atoms with Crippen molar-refractivity contribution in [3.05, 3.63) is 28.8 Å². The Kier molecular flexibility index (Phi) is 4.52. The van der Waals surface area contributed by atoms with Crippen LogP contribution in [0.25, 0.3) is 0 Å². The van der Waals surface area contributed by atoms with E-state index in [-0.39, 0.29) is 11.1 Å². The van der Waals surface area contributed by atoms with Crippen LogP contribution in [0.2, 0.25) is 5.02 Å². The van der Waals surface area contributed by atoms with Crippen molar-refractivity contribution < 1.29 is 13.2 Å². The van der Waals surface area contributed by atoms with E-state index < -0.39 is 11.7 Å². The van der Waals surface area contributed by atoms with Gasteiger partial charge in [0.1, 0.15) is 0 Å². The average molecular weight is 306 g/mol. The quantitative estimate of drug-likeness (QED) is 0.750. The zero-order valence-corrected chi connectivity index (χ0v) is 12.4. The molecular formula is C15H19ClF3N. The number of hydrogen-bond acceptors (Lipinski definition) is 1. The van der Waals surface area contributed by atoms with Crippen molar-refractivity contribution >= 4 is 17.3 Å². The Hall–Kier alpha value is -0.900. The van der Waals surface area contributed by atoms with Gasteiger partial charge >= 0.3 is 6.18 Å². The van der Waals surface area contributed by atoms with E-state index in [0.717, 1.165) is 31.4 Å². The fourth-order valence-corrected chi connectivity index (χ4v) is 3.12. The van der Waals surface area contributed by atoms with Gasteiger partial charge in [0.05, 0.1) is 16.3 Å². The van der Waals surface area contributed by atoms with Crippen LogP contribution in [0.1, 0.15) is 38.7 Å². The summed E-state index contributed by atoms with van der Waals surface area (Å²) in [5.74, 6) is 1.21. The van der Waals surface area contributed by atoms with Crippen molar-refractivity contribution in [2.75, 3.05) is 5.32 Å². The van der Waals surface area contributed by atoms with Crippen molar-refractivity contribution in [2.45, 2.75) is 45.3 Å². The topological polar surface area (TPSA) is 12.0 Å². The van der Waals surface area contributed by atoms with Crippen LogP contribution in [0.3, 0.4) is 0 Å². The summed E-state index contributed by atoms with van der Waals surface area (Å²) in [4.78, 5) is 0. The van der Waals surface area contributed by atoms with Gasteiger partial charge in [-0.15, -0.1) is 0 Å². The first-order valence-corrected chi connectivity index (χ1v) is 7.28. The van der Waals surface area contributed by atoms with Gasteiger partial charge in [-0.25, -0.2) is 0 Å². The van der Waals surface area contributed by atoms with Crippen molar-refractivity contribution in [1.29, 1.82) is 0 Å². The minimum atomic E-state index is -4.35. The highest BCUT2D eigenvalue weighted by Gasteiger charge is 2.31. The molecular weight excluding hydrogens is 287 g/mol. The highest BCUT2D eigenvalue weighted by Crippen LogP contribution is 2.36. The van der Waals surface area contributed by atoms with Crippen LogP contribution in [0.15, 0.2) is 18.2 Å². The molecule has 0 bridgehead atoms. The van der Waals surface area contributed by atoms with Gasteiger partial charge in [-0.05, 0) is 49.3 Å². The highest BCUT2D eigenvalue weighted by molar-refractivity contribution is 6.33. The second kappa shape index (κ2) is 5.84. The summed E-state index contributed by atoms with van der Waals surface area (Å²) < 4.78 is 37.8. The van der Waals surface area contributed by atoms with Gasteiger partial charge in [-0.3, -0.25) is 0 Å². The van der Waals surface area contributed by atoms with E-state index in [1.54, 1.807) is 0 Å². The Labute approximate surface area is 122 Å². The Morgan fingerprint density at radius 1 is 1.20 bits per heavy atom. The zero-order valence-electron chi connectivity index (χ0n) is 11.6. The molecule has 1 aliphatic carbocycles. The summed E-state index contributed by atoms with van der Waals surface area (Å²) in [6.45, 7) is 4.41. The molecule has 0 saturated heterocycles. The third-order valence-electron chi connectivity index (χ3n) is 4.07. The molecule has 0 aromatic heterocycles. The molecule has 1 N–H and O–H groups in total. The van der Waals surface area contributed by atoms with E-state index in [1.807, 2.05) is 0 Å². The van der Waals surface area contributed by atoms with E-state index >= 15 is 0 Å². The molecule has 1 nitrogen and oxygen atoms in total. The summed E-state index contributed by atoms with van der Waals surface area (Å²) in [5, 5.41) is 3.43. The van der Waals surface area contributed by atoms with Gasteiger partial charge in [0.15, 0.2) is 0 Å². The summed E-state index contributed by atoms with van der Waals surface area (Å²) in [6.07, 6.45) is -1.05. The predicted molar refractivity (Wildman–Crippen MR) is 76.0 cm³/mol. The molecule has 0 heterocycles. The standard InChI is InChI=1S/C15H19ClF3N/c1-9-3-5-13(10(2)7-9)20-14-6-4-11(8-12(14)16)15(17,18)19/h4,6,8-10,13,20H,3,5,7H2,1-2H3. The minimum Gasteiger partial charge on any atom is -0.381 e. The lowest BCUT2D eigenvalue weighted by molar-refractivity contribution is -0.137. The zero-order chi connectivity index (χ0) is 14.9. The lowest BCUT2D eigenvalue weighted by Crippen LogP contribution is -2.33. The molecule has 1 aromatic rings. The number of alkyl halides is 3. The molecule has 0 radical (unpaired) electrons. The number of hydrogen-bond donors (Lipinski definition) is 1. The van der Waals surface area contributed by atoms with Gasteiger partial charge in [0, 0.05) is 6.04 Å². The Balaban J connectivity index is 2.10. The second-order valence-corrected chi connectivity index (χ2v) is 6.25. The summed E-state index contributed by atoms with van der Waals surface area (Å²) >= 11 is 5.97. The molecule has 0 spiro atoms. The van der Waals surface area contributed by atoms with E-state index in [2.05, 4.69) is 19.2 Å². The van der Waals surface area contributed by atoms with Crippen LogP contribution in [-0.2, 0) is 6.18 Å². The maximum absolute atomic E-state index is 12.6. The van der Waals surface area contributed by atoms with Crippen LogP contribution in [-0.4, -0.2) is 6.04 Å². The van der Waals surface area contributed by atoms with Crippen LogP contribution in [0.4, 0.5) is 18.9 Å². The summed E-state index contributed by atoms with van der Waals surface area (Å²) in [6, 6.07) is 3.76. The number of rotatable bonds is 2. The van der Waals surface area contributed by atoms with Gasteiger partial charge in [0.2, 0.25) is 0 Å². The SMILES string of the molecule is CC1CCC(Nc2ccc(C(F)(F)F)cc2Cl)C(C)C1. The van der Waals surface area contributed by atoms with Crippen LogP contribution < -0.4 is 5.32 Å². The predicted octanol–water partition coefficient (Wildman–Crippen LogP) is 5.60. The lowest BCUT2D eigenvalue weighted by atomic mass is 9.80. The molecule has 1 aliphatic rings. The fraction of sp³-hybridized carbons (Fsp3) is 0.600. The van der Waals surface area contributed by atoms with Gasteiger partial charge < -0.3 is 5.32 Å². The largest absolute Gasteiger partial charge is 0.416 e. The first kappa shape index (κ1) is 15.5. The third kappa shape index (κ3) is 3.60. The molecule has 5 heteroatoms. The number of nitrogens with one attached hydrogen (secondary N) is 1. The Bertz CT molecular complexity index is 473. The fourth-order valence-electron chi connectivity index (χ4n) is 2.89. The first-order valence-electron chi connectivity index (χ1n) is 6.90. The van der Waals surface area contributed by atoms with E-state index in [9.17, 15) is 13.2 Å². The van der Waals surface area contributed by atoms with Crippen LogP contribution >= 0.6 is 11.6 Å². The van der Waals surface area contributed by atoms with Crippen LogP contribution in [0, 0.1) is 11.8 Å². The molecule has 3 atom stereocenters. The second-order valence-electron chi connectivity index (χ2n) is 5.84. The maximum Gasteiger partial charge on any atom is 0.416 e. The van der Waals surface area contributed by atoms with Crippen molar-refractivity contribution in [2.24, 2.45) is 11.8 Å². The summed E-state index contributed by atoms with van der Waals surface area (Å²) in [5.41, 5.74) is -0.121. The van der Waals surface area contributed by atoms with Crippen molar-refractivity contribution in [3.8, 4) is 0 Å². The Morgan fingerprint density at radius 2 is 1.90 bits per heavy atom. The van der Waals surface area contributed by atoms with Crippen LogP contribution in [0.5, 0.6) is 0 Å². The maximum atomic E-state index is 12.6. The molecule has 0 aliphatic heterocycles. The van der Waals surface area contributed by atoms with Gasteiger partial charge in [-0.1, -0.05) is 25.4 Å².